The molecular weight excluding hydrogens is 238 g/mol. The van der Waals surface area contributed by atoms with Crippen molar-refractivity contribution in [1.82, 2.24) is 5.32 Å². The molecule has 1 aromatic rings. The quantitative estimate of drug-likeness (QED) is 0.886. The van der Waals surface area contributed by atoms with Gasteiger partial charge in [0.15, 0.2) is 0 Å². The molecule has 0 bridgehead atoms. The van der Waals surface area contributed by atoms with Gasteiger partial charge in [-0.15, -0.1) is 0 Å². The molecule has 102 valence electrons. The van der Waals surface area contributed by atoms with Gasteiger partial charge in [-0.1, -0.05) is 17.7 Å². The Morgan fingerprint density at radius 3 is 2.79 bits per heavy atom. The molecule has 1 saturated carbocycles. The van der Waals surface area contributed by atoms with Crippen molar-refractivity contribution >= 4 is 5.91 Å². The monoisotopic (exact) mass is 259 g/mol. The maximum atomic E-state index is 12.0. The fourth-order valence-electron chi connectivity index (χ4n) is 2.74. The fraction of sp³-hybridized carbons (Fsp3) is 0.562. The van der Waals surface area contributed by atoms with Crippen LogP contribution in [0.15, 0.2) is 18.2 Å². The van der Waals surface area contributed by atoms with Crippen LogP contribution < -0.4 is 10.1 Å². The van der Waals surface area contributed by atoms with Gasteiger partial charge in [-0.2, -0.15) is 0 Å². The minimum absolute atomic E-state index is 0.0757. The Morgan fingerprint density at radius 2 is 2.11 bits per heavy atom. The lowest BCUT2D eigenvalue weighted by atomic mass is 9.89. The zero-order valence-electron chi connectivity index (χ0n) is 11.8. The van der Waals surface area contributed by atoms with Gasteiger partial charge in [0.2, 0.25) is 5.91 Å². The maximum Gasteiger partial charge on any atom is 0.223 e. The van der Waals surface area contributed by atoms with E-state index < -0.39 is 0 Å². The minimum Gasteiger partial charge on any atom is -0.487 e. The van der Waals surface area contributed by atoms with Crippen LogP contribution in [0.5, 0.6) is 5.75 Å². The van der Waals surface area contributed by atoms with E-state index in [1.807, 2.05) is 6.07 Å². The summed E-state index contributed by atoms with van der Waals surface area (Å²) >= 11 is 0. The first-order chi connectivity index (χ1) is 8.94. The summed E-state index contributed by atoms with van der Waals surface area (Å²) in [6.45, 7) is 6.22. The van der Waals surface area contributed by atoms with Crippen molar-refractivity contribution in [3.63, 3.8) is 0 Å². The summed E-state index contributed by atoms with van der Waals surface area (Å²) in [5.74, 6) is 1.36. The zero-order valence-corrected chi connectivity index (χ0v) is 11.8. The lowest BCUT2D eigenvalue weighted by Gasteiger charge is -2.38. The summed E-state index contributed by atoms with van der Waals surface area (Å²) in [6, 6.07) is 6.27. The summed E-state index contributed by atoms with van der Waals surface area (Å²) in [6.07, 6.45) is 2.90. The first-order valence-corrected chi connectivity index (χ1v) is 7.04. The van der Waals surface area contributed by atoms with Crippen molar-refractivity contribution in [2.24, 2.45) is 5.92 Å². The van der Waals surface area contributed by atoms with Gasteiger partial charge in [0.25, 0.3) is 0 Å². The van der Waals surface area contributed by atoms with Gasteiger partial charge in [0.1, 0.15) is 11.4 Å². The van der Waals surface area contributed by atoms with Crippen molar-refractivity contribution in [3.05, 3.63) is 29.3 Å². The van der Waals surface area contributed by atoms with Gasteiger partial charge >= 0.3 is 0 Å². The van der Waals surface area contributed by atoms with Crippen LogP contribution >= 0.6 is 0 Å². The lowest BCUT2D eigenvalue weighted by Crippen LogP contribution is -2.41. The summed E-state index contributed by atoms with van der Waals surface area (Å²) in [4.78, 5) is 12.0. The van der Waals surface area contributed by atoms with Crippen molar-refractivity contribution < 1.29 is 9.53 Å². The highest BCUT2D eigenvalue weighted by molar-refractivity contribution is 5.81. The summed E-state index contributed by atoms with van der Waals surface area (Å²) < 4.78 is 6.01. The predicted octanol–water partition coefficient (Wildman–Crippen LogP) is 3.12. The van der Waals surface area contributed by atoms with E-state index in [1.54, 1.807) is 0 Å². The van der Waals surface area contributed by atoms with Crippen molar-refractivity contribution in [1.29, 1.82) is 0 Å². The third kappa shape index (κ3) is 2.60. The van der Waals surface area contributed by atoms with Gasteiger partial charge in [-0.25, -0.2) is 0 Å². The number of ether oxygens (including phenoxy) is 1. The highest BCUT2D eigenvalue weighted by Crippen LogP contribution is 2.40. The molecule has 3 heteroatoms. The normalized spacial score (nSPS) is 24.3. The van der Waals surface area contributed by atoms with E-state index in [2.05, 4.69) is 38.2 Å². The maximum absolute atomic E-state index is 12.0. The van der Waals surface area contributed by atoms with E-state index in [0.717, 1.165) is 30.6 Å². The number of aryl methyl sites for hydroxylation is 1. The van der Waals surface area contributed by atoms with Gasteiger partial charge in [-0.05, 0) is 39.7 Å². The summed E-state index contributed by atoms with van der Waals surface area (Å²) in [5.41, 5.74) is 2.09. The average molecular weight is 259 g/mol. The van der Waals surface area contributed by atoms with E-state index in [-0.39, 0.29) is 23.5 Å². The van der Waals surface area contributed by atoms with Crippen molar-refractivity contribution in [2.75, 3.05) is 0 Å². The topological polar surface area (TPSA) is 38.3 Å². The fourth-order valence-corrected chi connectivity index (χ4v) is 2.74. The van der Waals surface area contributed by atoms with E-state index in [1.165, 1.54) is 5.56 Å². The lowest BCUT2D eigenvalue weighted by molar-refractivity contribution is -0.123. The molecule has 1 atom stereocenters. The third-order valence-corrected chi connectivity index (χ3v) is 3.89. The Hall–Kier alpha value is -1.51. The van der Waals surface area contributed by atoms with Crippen LogP contribution in [0.2, 0.25) is 0 Å². The highest BCUT2D eigenvalue weighted by atomic mass is 16.5. The second kappa shape index (κ2) is 4.26. The molecule has 3 nitrogen and oxygen atoms in total. The molecule has 1 heterocycles. The second-order valence-electron chi connectivity index (χ2n) is 6.44. The third-order valence-electron chi connectivity index (χ3n) is 3.89. The number of carbonyl (C=O) groups excluding carboxylic acids is 1. The van der Waals surface area contributed by atoms with E-state index >= 15 is 0 Å². The number of nitrogens with one attached hydrogen (secondary N) is 1. The average Bonchev–Trinajstić information content (AvgIpc) is 3.13. The van der Waals surface area contributed by atoms with Crippen LogP contribution in [0.25, 0.3) is 0 Å². The molecule has 1 aliphatic heterocycles. The Labute approximate surface area is 114 Å². The van der Waals surface area contributed by atoms with E-state index in [4.69, 9.17) is 4.74 Å². The number of benzene rings is 1. The number of rotatable bonds is 2. The second-order valence-corrected chi connectivity index (χ2v) is 6.44. The van der Waals surface area contributed by atoms with E-state index in [9.17, 15) is 4.79 Å². The Kier molecular flexibility index (Phi) is 2.80. The number of hydrogen-bond acceptors (Lipinski definition) is 2. The smallest absolute Gasteiger partial charge is 0.223 e. The van der Waals surface area contributed by atoms with Gasteiger partial charge < -0.3 is 10.1 Å². The SMILES string of the molecule is Cc1ccc2c(c1)[C@@H](NC(=O)C1CC1)CC(C)(C)O2. The largest absolute Gasteiger partial charge is 0.487 e. The molecule has 1 N–H and O–H groups in total. The first kappa shape index (κ1) is 12.5. The van der Waals surface area contributed by atoms with Crippen molar-refractivity contribution in [3.8, 4) is 5.75 Å². The van der Waals surface area contributed by atoms with Crippen LogP contribution in [-0.4, -0.2) is 11.5 Å². The predicted molar refractivity (Wildman–Crippen MR) is 74.1 cm³/mol. The molecule has 2 aliphatic rings. The van der Waals surface area contributed by atoms with Crippen LogP contribution in [0.1, 0.15) is 50.3 Å². The molecule has 1 aromatic carbocycles. The molecule has 3 rings (SSSR count). The molecule has 0 saturated heterocycles. The van der Waals surface area contributed by atoms with Gasteiger partial charge in [0, 0.05) is 17.9 Å². The molecule has 0 spiro atoms. The van der Waals surface area contributed by atoms with Gasteiger partial charge in [-0.3, -0.25) is 4.79 Å². The molecule has 19 heavy (non-hydrogen) atoms. The van der Waals surface area contributed by atoms with E-state index in [0.29, 0.717) is 0 Å². The molecule has 0 aromatic heterocycles. The van der Waals surface area contributed by atoms with Crippen LogP contribution in [0.4, 0.5) is 0 Å². The van der Waals surface area contributed by atoms with Crippen LogP contribution in [-0.2, 0) is 4.79 Å². The Morgan fingerprint density at radius 1 is 1.37 bits per heavy atom. The molecular formula is C16H21NO2. The molecule has 1 amide bonds. The number of hydrogen-bond donors (Lipinski definition) is 1. The van der Waals surface area contributed by atoms with Gasteiger partial charge in [0.05, 0.1) is 6.04 Å². The standard InChI is InChI=1S/C16H21NO2/c1-10-4-7-14-12(8-10)13(9-16(2,3)19-14)17-15(18)11-5-6-11/h4,7-8,11,13H,5-6,9H2,1-3H3,(H,17,18)/t13-/m0/s1. The highest BCUT2D eigenvalue weighted by Gasteiger charge is 2.37. The molecule has 0 radical (unpaired) electrons. The van der Waals surface area contributed by atoms with Crippen LogP contribution in [0, 0.1) is 12.8 Å². The minimum atomic E-state index is -0.232. The number of fused-ring (bicyclic) bond motifs is 1. The van der Waals surface area contributed by atoms with Crippen molar-refractivity contribution in [2.45, 2.75) is 51.7 Å². The van der Waals surface area contributed by atoms with Crippen LogP contribution in [0.3, 0.4) is 0 Å². The Balaban J connectivity index is 1.89. The zero-order chi connectivity index (χ0) is 13.6. The summed E-state index contributed by atoms with van der Waals surface area (Å²) in [7, 11) is 0. The molecule has 0 unspecified atom stereocenters. The number of amides is 1. The summed E-state index contributed by atoms with van der Waals surface area (Å²) in [5, 5.41) is 3.20. The molecule has 1 fully saturated rings. The number of carbonyl (C=O) groups is 1. The molecule has 1 aliphatic carbocycles. The first-order valence-electron chi connectivity index (χ1n) is 7.04. The Bertz CT molecular complexity index is 517.